The standard InChI is InChI=1S/C14H12O4/c1-2-11(15)14(18)10-7-12(16)8-5-3-4-6-9(8)13(10)17/h2-6,15,17H,7H2,1H3/b11-2+. The van der Waals surface area contributed by atoms with E-state index in [1.807, 2.05) is 0 Å². The molecule has 4 nitrogen and oxygen atoms in total. The molecule has 0 atom stereocenters. The van der Waals surface area contributed by atoms with Gasteiger partial charge < -0.3 is 10.2 Å². The first kappa shape index (κ1) is 12.1. The van der Waals surface area contributed by atoms with E-state index in [1.54, 1.807) is 24.3 Å². The lowest BCUT2D eigenvalue weighted by Crippen LogP contribution is -2.18. The second kappa shape index (κ2) is 4.49. The number of carbonyl (C=O) groups is 2. The van der Waals surface area contributed by atoms with Crippen LogP contribution in [0.3, 0.4) is 0 Å². The molecular formula is C14H12O4. The number of fused-ring (bicyclic) bond motifs is 1. The number of benzene rings is 1. The van der Waals surface area contributed by atoms with Crippen LogP contribution in [0.15, 0.2) is 41.7 Å². The summed E-state index contributed by atoms with van der Waals surface area (Å²) in [5, 5.41) is 19.4. The molecule has 0 fully saturated rings. The number of allylic oxidation sites excluding steroid dienone is 2. The monoisotopic (exact) mass is 244 g/mol. The average molecular weight is 244 g/mol. The Morgan fingerprint density at radius 2 is 1.89 bits per heavy atom. The van der Waals surface area contributed by atoms with Gasteiger partial charge in [-0.2, -0.15) is 0 Å². The van der Waals surface area contributed by atoms with Crippen LogP contribution in [0.2, 0.25) is 0 Å². The molecule has 2 rings (SSSR count). The number of aliphatic hydroxyl groups is 2. The van der Waals surface area contributed by atoms with E-state index in [0.29, 0.717) is 11.1 Å². The van der Waals surface area contributed by atoms with Crippen LogP contribution < -0.4 is 0 Å². The van der Waals surface area contributed by atoms with Gasteiger partial charge in [0.05, 0.1) is 5.57 Å². The van der Waals surface area contributed by atoms with E-state index in [0.717, 1.165) is 0 Å². The highest BCUT2D eigenvalue weighted by Gasteiger charge is 2.29. The summed E-state index contributed by atoms with van der Waals surface area (Å²) in [4.78, 5) is 23.7. The molecule has 1 aliphatic carbocycles. The third kappa shape index (κ3) is 1.82. The van der Waals surface area contributed by atoms with E-state index >= 15 is 0 Å². The van der Waals surface area contributed by atoms with Gasteiger partial charge in [-0.25, -0.2) is 0 Å². The summed E-state index contributed by atoms with van der Waals surface area (Å²) < 4.78 is 0. The Hall–Kier alpha value is -2.36. The Morgan fingerprint density at radius 3 is 2.50 bits per heavy atom. The van der Waals surface area contributed by atoms with E-state index in [2.05, 4.69) is 0 Å². The molecule has 2 N–H and O–H groups in total. The zero-order valence-electron chi connectivity index (χ0n) is 9.80. The van der Waals surface area contributed by atoms with Gasteiger partial charge in [0.25, 0.3) is 0 Å². The van der Waals surface area contributed by atoms with Gasteiger partial charge in [0.15, 0.2) is 11.5 Å². The fraction of sp³-hybridized carbons (Fsp3) is 0.143. The third-order valence-electron chi connectivity index (χ3n) is 2.89. The lowest BCUT2D eigenvalue weighted by molar-refractivity contribution is -0.114. The lowest BCUT2D eigenvalue weighted by atomic mass is 9.87. The van der Waals surface area contributed by atoms with Gasteiger partial charge in [-0.05, 0) is 13.0 Å². The Labute approximate surface area is 104 Å². The second-order valence-corrected chi connectivity index (χ2v) is 3.98. The number of rotatable bonds is 2. The number of ketones is 2. The minimum absolute atomic E-state index is 0.0608. The molecule has 0 heterocycles. The SMILES string of the molecule is C/C=C(/O)C(=O)C1=C(O)c2ccccc2C(=O)C1. The molecular weight excluding hydrogens is 232 g/mol. The number of Topliss-reactive ketones (excluding diaryl/α,β-unsaturated/α-hetero) is 2. The highest BCUT2D eigenvalue weighted by atomic mass is 16.3. The highest BCUT2D eigenvalue weighted by Crippen LogP contribution is 2.30. The zero-order valence-corrected chi connectivity index (χ0v) is 9.80. The van der Waals surface area contributed by atoms with Gasteiger partial charge >= 0.3 is 0 Å². The van der Waals surface area contributed by atoms with Crippen LogP contribution in [0.5, 0.6) is 0 Å². The summed E-state index contributed by atoms with van der Waals surface area (Å²) in [7, 11) is 0. The molecule has 0 spiro atoms. The number of carbonyl (C=O) groups excluding carboxylic acids is 2. The predicted molar refractivity (Wildman–Crippen MR) is 66.3 cm³/mol. The number of hydrogen-bond donors (Lipinski definition) is 2. The summed E-state index contributed by atoms with van der Waals surface area (Å²) in [6.07, 6.45) is 1.03. The topological polar surface area (TPSA) is 74.6 Å². The van der Waals surface area contributed by atoms with Gasteiger partial charge in [0, 0.05) is 17.5 Å². The fourth-order valence-corrected chi connectivity index (χ4v) is 1.91. The van der Waals surface area contributed by atoms with Gasteiger partial charge in [-0.15, -0.1) is 0 Å². The molecule has 0 saturated carbocycles. The Kier molecular flexibility index (Phi) is 3.02. The molecule has 0 amide bonds. The molecule has 0 saturated heterocycles. The minimum atomic E-state index is -0.710. The van der Waals surface area contributed by atoms with Crippen molar-refractivity contribution in [2.45, 2.75) is 13.3 Å². The molecule has 0 aliphatic heterocycles. The summed E-state index contributed by atoms with van der Waals surface area (Å²) in [5.74, 6) is -1.65. The first-order valence-electron chi connectivity index (χ1n) is 5.51. The smallest absolute Gasteiger partial charge is 0.227 e. The zero-order chi connectivity index (χ0) is 13.3. The van der Waals surface area contributed by atoms with Gasteiger partial charge in [0.1, 0.15) is 5.76 Å². The molecule has 92 valence electrons. The van der Waals surface area contributed by atoms with Crippen molar-refractivity contribution >= 4 is 17.3 Å². The van der Waals surface area contributed by atoms with Crippen LogP contribution >= 0.6 is 0 Å². The van der Waals surface area contributed by atoms with E-state index in [-0.39, 0.29) is 23.5 Å². The molecule has 18 heavy (non-hydrogen) atoms. The van der Waals surface area contributed by atoms with Crippen LogP contribution in [-0.2, 0) is 4.79 Å². The van der Waals surface area contributed by atoms with Crippen LogP contribution in [0.1, 0.15) is 29.3 Å². The van der Waals surface area contributed by atoms with Crippen molar-refractivity contribution in [1.29, 1.82) is 0 Å². The molecule has 4 heteroatoms. The van der Waals surface area contributed by atoms with Crippen LogP contribution in [0, 0.1) is 0 Å². The van der Waals surface area contributed by atoms with Gasteiger partial charge in [0.2, 0.25) is 5.78 Å². The van der Waals surface area contributed by atoms with Crippen LogP contribution in [0.4, 0.5) is 0 Å². The lowest BCUT2D eigenvalue weighted by Gasteiger charge is -2.17. The molecule has 0 aromatic heterocycles. The van der Waals surface area contributed by atoms with E-state index in [1.165, 1.54) is 13.0 Å². The quantitative estimate of drug-likeness (QED) is 0.619. The number of hydrogen-bond acceptors (Lipinski definition) is 4. The largest absolute Gasteiger partial charge is 0.507 e. The van der Waals surface area contributed by atoms with Gasteiger partial charge in [-0.1, -0.05) is 24.3 Å². The highest BCUT2D eigenvalue weighted by molar-refractivity contribution is 6.18. The van der Waals surface area contributed by atoms with Crippen molar-refractivity contribution in [2.75, 3.05) is 0 Å². The summed E-state index contributed by atoms with van der Waals surface area (Å²) >= 11 is 0. The van der Waals surface area contributed by atoms with E-state index < -0.39 is 11.5 Å². The second-order valence-electron chi connectivity index (χ2n) is 3.98. The molecule has 1 aliphatic rings. The van der Waals surface area contributed by atoms with Crippen LogP contribution in [-0.4, -0.2) is 21.8 Å². The Balaban J connectivity index is 2.58. The van der Waals surface area contributed by atoms with Crippen molar-refractivity contribution in [2.24, 2.45) is 0 Å². The van der Waals surface area contributed by atoms with Crippen LogP contribution in [0.25, 0.3) is 5.76 Å². The summed E-state index contributed by atoms with van der Waals surface area (Å²) in [6, 6.07) is 6.54. The molecule has 0 radical (unpaired) electrons. The van der Waals surface area contributed by atoms with Crippen molar-refractivity contribution in [3.05, 3.63) is 52.8 Å². The Morgan fingerprint density at radius 1 is 1.28 bits per heavy atom. The maximum Gasteiger partial charge on any atom is 0.227 e. The van der Waals surface area contributed by atoms with Crippen molar-refractivity contribution in [3.63, 3.8) is 0 Å². The van der Waals surface area contributed by atoms with Crippen molar-refractivity contribution < 1.29 is 19.8 Å². The summed E-state index contributed by atoms with van der Waals surface area (Å²) in [6.45, 7) is 1.50. The molecule has 1 aromatic rings. The van der Waals surface area contributed by atoms with Crippen molar-refractivity contribution in [3.8, 4) is 0 Å². The normalized spacial score (nSPS) is 15.6. The minimum Gasteiger partial charge on any atom is -0.507 e. The summed E-state index contributed by atoms with van der Waals surface area (Å²) in [5.41, 5.74) is 0.668. The van der Waals surface area contributed by atoms with E-state index in [4.69, 9.17) is 0 Å². The molecule has 0 unspecified atom stereocenters. The first-order valence-corrected chi connectivity index (χ1v) is 5.51. The number of aliphatic hydroxyl groups excluding tert-OH is 2. The molecule has 0 bridgehead atoms. The maximum absolute atomic E-state index is 11.9. The van der Waals surface area contributed by atoms with Gasteiger partial charge in [-0.3, -0.25) is 9.59 Å². The van der Waals surface area contributed by atoms with E-state index in [9.17, 15) is 19.8 Å². The predicted octanol–water partition coefficient (Wildman–Crippen LogP) is 2.57. The fourth-order valence-electron chi connectivity index (χ4n) is 1.91. The molecule has 1 aromatic carbocycles. The average Bonchev–Trinajstić information content (AvgIpc) is 2.41. The first-order chi connectivity index (χ1) is 8.56. The Bertz CT molecular complexity index is 594. The third-order valence-corrected chi connectivity index (χ3v) is 2.89. The maximum atomic E-state index is 11.9. The van der Waals surface area contributed by atoms with Crippen molar-refractivity contribution in [1.82, 2.24) is 0 Å².